The predicted molar refractivity (Wildman–Crippen MR) is 108 cm³/mol. The molecular formula is C23H28N2O3. The standard InChI is InChI=1S/C23H28N2O3/c1-27-21-9-5-8-19-13-20(16-28-22(19)21)23(26)24-14-17-6-4-7-18(12-17)15-25-10-2-3-11-25/h4-9,12,20H,2-3,10-11,13-16H2,1H3,(H,24,26)/t20-/m1/s1. The Labute approximate surface area is 166 Å². The molecule has 4 rings (SSSR count). The van der Waals surface area contributed by atoms with Crippen molar-refractivity contribution in [2.75, 3.05) is 26.8 Å². The molecule has 0 radical (unpaired) electrons. The predicted octanol–water partition coefficient (Wildman–Crippen LogP) is 3.16. The summed E-state index contributed by atoms with van der Waals surface area (Å²) in [5.41, 5.74) is 3.48. The topological polar surface area (TPSA) is 50.8 Å². The number of nitrogens with zero attached hydrogens (tertiary/aromatic N) is 1. The van der Waals surface area contributed by atoms with Crippen LogP contribution in [-0.4, -0.2) is 37.6 Å². The van der Waals surface area contributed by atoms with E-state index in [2.05, 4.69) is 34.5 Å². The quantitative estimate of drug-likeness (QED) is 0.836. The van der Waals surface area contributed by atoms with Crippen molar-refractivity contribution in [3.63, 3.8) is 0 Å². The van der Waals surface area contributed by atoms with Crippen molar-refractivity contribution in [2.45, 2.75) is 32.4 Å². The number of carbonyl (C=O) groups is 1. The molecule has 5 nitrogen and oxygen atoms in total. The van der Waals surface area contributed by atoms with E-state index in [0.29, 0.717) is 19.6 Å². The number of methoxy groups -OCH3 is 1. The van der Waals surface area contributed by atoms with Gasteiger partial charge in [0.2, 0.25) is 5.91 Å². The molecule has 5 heteroatoms. The van der Waals surface area contributed by atoms with Crippen LogP contribution in [0, 0.1) is 5.92 Å². The lowest BCUT2D eigenvalue weighted by Crippen LogP contribution is -2.37. The van der Waals surface area contributed by atoms with Gasteiger partial charge in [0.25, 0.3) is 0 Å². The van der Waals surface area contributed by atoms with Gasteiger partial charge in [0.05, 0.1) is 13.0 Å². The lowest BCUT2D eigenvalue weighted by Gasteiger charge is -2.25. The number of likely N-dealkylation sites (tertiary alicyclic amines) is 1. The van der Waals surface area contributed by atoms with Gasteiger partial charge in [0.15, 0.2) is 11.5 Å². The van der Waals surface area contributed by atoms with Crippen LogP contribution >= 0.6 is 0 Å². The van der Waals surface area contributed by atoms with Crippen LogP contribution in [0.1, 0.15) is 29.5 Å². The molecule has 0 unspecified atom stereocenters. The lowest BCUT2D eigenvalue weighted by molar-refractivity contribution is -0.126. The highest BCUT2D eigenvalue weighted by Crippen LogP contribution is 2.36. The van der Waals surface area contributed by atoms with Gasteiger partial charge in [-0.15, -0.1) is 0 Å². The number of rotatable bonds is 6. The van der Waals surface area contributed by atoms with Crippen molar-refractivity contribution in [2.24, 2.45) is 5.92 Å². The molecule has 2 aliphatic heterocycles. The second-order valence-corrected chi connectivity index (χ2v) is 7.68. The van der Waals surface area contributed by atoms with Crippen LogP contribution in [0.25, 0.3) is 0 Å². The molecule has 1 amide bonds. The number of benzene rings is 2. The summed E-state index contributed by atoms with van der Waals surface area (Å²) in [6.07, 6.45) is 3.27. The molecule has 0 saturated carbocycles. The molecule has 0 bridgehead atoms. The molecule has 148 valence electrons. The normalized spacial score (nSPS) is 19.0. The van der Waals surface area contributed by atoms with E-state index in [4.69, 9.17) is 9.47 Å². The summed E-state index contributed by atoms with van der Waals surface area (Å²) < 4.78 is 11.2. The maximum Gasteiger partial charge on any atom is 0.227 e. The second kappa shape index (κ2) is 8.65. The fraction of sp³-hybridized carbons (Fsp3) is 0.435. The number of hydrogen-bond acceptors (Lipinski definition) is 4. The number of para-hydroxylation sites is 1. The molecule has 2 aromatic rings. The molecule has 2 aromatic carbocycles. The van der Waals surface area contributed by atoms with Crippen LogP contribution in [0.5, 0.6) is 11.5 Å². The summed E-state index contributed by atoms with van der Waals surface area (Å²) in [6, 6.07) is 14.4. The molecule has 1 saturated heterocycles. The number of ether oxygens (including phenoxy) is 2. The van der Waals surface area contributed by atoms with Crippen molar-refractivity contribution in [1.82, 2.24) is 10.2 Å². The zero-order valence-electron chi connectivity index (χ0n) is 16.4. The van der Waals surface area contributed by atoms with E-state index in [1.807, 2.05) is 18.2 Å². The van der Waals surface area contributed by atoms with Crippen molar-refractivity contribution in [3.8, 4) is 11.5 Å². The second-order valence-electron chi connectivity index (χ2n) is 7.68. The van der Waals surface area contributed by atoms with Gasteiger partial charge in [-0.1, -0.05) is 36.4 Å². The molecule has 2 heterocycles. The van der Waals surface area contributed by atoms with Crippen molar-refractivity contribution in [3.05, 3.63) is 59.2 Å². The summed E-state index contributed by atoms with van der Waals surface area (Å²) in [5.74, 6) is 1.36. The third-order valence-corrected chi connectivity index (χ3v) is 5.61. The summed E-state index contributed by atoms with van der Waals surface area (Å²) in [7, 11) is 1.63. The zero-order chi connectivity index (χ0) is 19.3. The smallest absolute Gasteiger partial charge is 0.227 e. The minimum Gasteiger partial charge on any atom is -0.493 e. The van der Waals surface area contributed by atoms with Crippen molar-refractivity contribution < 1.29 is 14.3 Å². The number of fused-ring (bicyclic) bond motifs is 1. The SMILES string of the molecule is COc1cccc2c1OC[C@H](C(=O)NCc1cccc(CN3CCCC3)c1)C2. The molecule has 0 aliphatic carbocycles. The molecular weight excluding hydrogens is 352 g/mol. The highest BCUT2D eigenvalue weighted by atomic mass is 16.5. The van der Waals surface area contributed by atoms with Gasteiger partial charge in [-0.05, 0) is 55.1 Å². The van der Waals surface area contributed by atoms with E-state index in [1.54, 1.807) is 7.11 Å². The minimum absolute atomic E-state index is 0.0402. The zero-order valence-corrected chi connectivity index (χ0v) is 16.4. The highest BCUT2D eigenvalue weighted by Gasteiger charge is 2.27. The molecule has 0 aromatic heterocycles. The maximum absolute atomic E-state index is 12.7. The van der Waals surface area contributed by atoms with Crippen LogP contribution in [0.2, 0.25) is 0 Å². The van der Waals surface area contributed by atoms with Crippen LogP contribution < -0.4 is 14.8 Å². The number of hydrogen-bond donors (Lipinski definition) is 1. The molecule has 28 heavy (non-hydrogen) atoms. The average Bonchev–Trinajstić information content (AvgIpc) is 3.24. The molecule has 1 N–H and O–H groups in total. The van der Waals surface area contributed by atoms with E-state index in [1.165, 1.54) is 31.5 Å². The Morgan fingerprint density at radius 2 is 1.96 bits per heavy atom. The minimum atomic E-state index is -0.174. The lowest BCUT2D eigenvalue weighted by atomic mass is 9.95. The summed E-state index contributed by atoms with van der Waals surface area (Å²) in [6.45, 7) is 4.31. The monoisotopic (exact) mass is 380 g/mol. The van der Waals surface area contributed by atoms with E-state index in [0.717, 1.165) is 29.2 Å². The summed E-state index contributed by atoms with van der Waals surface area (Å²) >= 11 is 0. The Kier molecular flexibility index (Phi) is 5.81. The van der Waals surface area contributed by atoms with E-state index >= 15 is 0 Å². The van der Waals surface area contributed by atoms with Crippen LogP contribution in [0.4, 0.5) is 0 Å². The van der Waals surface area contributed by atoms with Gasteiger partial charge >= 0.3 is 0 Å². The fourth-order valence-corrected chi connectivity index (χ4v) is 4.09. The van der Waals surface area contributed by atoms with Crippen LogP contribution in [-0.2, 0) is 24.3 Å². The molecule has 1 fully saturated rings. The Bertz CT molecular complexity index is 830. The van der Waals surface area contributed by atoms with Gasteiger partial charge in [0, 0.05) is 13.1 Å². The van der Waals surface area contributed by atoms with Gasteiger partial charge in [-0.2, -0.15) is 0 Å². The van der Waals surface area contributed by atoms with Gasteiger partial charge in [-0.3, -0.25) is 9.69 Å². The molecule has 0 spiro atoms. The largest absolute Gasteiger partial charge is 0.493 e. The van der Waals surface area contributed by atoms with Gasteiger partial charge in [-0.25, -0.2) is 0 Å². The molecule has 1 atom stereocenters. The molecule has 2 aliphatic rings. The van der Waals surface area contributed by atoms with Crippen molar-refractivity contribution >= 4 is 5.91 Å². The third kappa shape index (κ3) is 4.30. The average molecular weight is 380 g/mol. The first-order valence-electron chi connectivity index (χ1n) is 10.1. The Morgan fingerprint density at radius 1 is 1.18 bits per heavy atom. The van der Waals surface area contributed by atoms with Crippen molar-refractivity contribution in [1.29, 1.82) is 0 Å². The number of carbonyl (C=O) groups excluding carboxylic acids is 1. The first-order chi connectivity index (χ1) is 13.7. The van der Waals surface area contributed by atoms with E-state index in [9.17, 15) is 4.79 Å². The Morgan fingerprint density at radius 3 is 2.79 bits per heavy atom. The van der Waals surface area contributed by atoms with Crippen LogP contribution in [0.15, 0.2) is 42.5 Å². The van der Waals surface area contributed by atoms with E-state index < -0.39 is 0 Å². The van der Waals surface area contributed by atoms with Gasteiger partial charge in [0.1, 0.15) is 6.61 Å². The summed E-state index contributed by atoms with van der Waals surface area (Å²) in [5, 5.41) is 3.09. The first-order valence-corrected chi connectivity index (χ1v) is 10.1. The summed E-state index contributed by atoms with van der Waals surface area (Å²) in [4.78, 5) is 15.2. The Balaban J connectivity index is 1.33. The third-order valence-electron chi connectivity index (χ3n) is 5.61. The first kappa shape index (κ1) is 18.8. The highest BCUT2D eigenvalue weighted by molar-refractivity contribution is 5.79. The van der Waals surface area contributed by atoms with E-state index in [-0.39, 0.29) is 11.8 Å². The Hall–Kier alpha value is -2.53. The van der Waals surface area contributed by atoms with Gasteiger partial charge < -0.3 is 14.8 Å². The van der Waals surface area contributed by atoms with Crippen LogP contribution in [0.3, 0.4) is 0 Å². The number of amides is 1. The number of nitrogens with one attached hydrogen (secondary N) is 1. The maximum atomic E-state index is 12.7. The fourth-order valence-electron chi connectivity index (χ4n) is 4.09.